The number of nitrogens with zero attached hydrogens (tertiary/aromatic N) is 1. The minimum absolute atomic E-state index is 0.106. The molecule has 1 atom stereocenters. The van der Waals surface area contributed by atoms with Crippen molar-refractivity contribution in [3.05, 3.63) is 23.5 Å². The monoisotopic (exact) mass is 225 g/mol. The fourth-order valence-electron chi connectivity index (χ4n) is 1.53. The highest BCUT2D eigenvalue weighted by Gasteiger charge is 2.18. The molecule has 1 unspecified atom stereocenters. The Balaban J connectivity index is 3.14. The first-order valence-electron chi connectivity index (χ1n) is 4.92. The first kappa shape index (κ1) is 12.4. The van der Waals surface area contributed by atoms with Crippen LogP contribution in [0.2, 0.25) is 0 Å². The molecule has 0 bridgehead atoms. The zero-order valence-corrected chi connectivity index (χ0v) is 9.56. The van der Waals surface area contributed by atoms with E-state index in [0.29, 0.717) is 12.2 Å². The second kappa shape index (κ2) is 4.94. The quantitative estimate of drug-likeness (QED) is 0.773. The number of rotatable bonds is 5. The Labute approximate surface area is 93.6 Å². The third-order valence-corrected chi connectivity index (χ3v) is 2.36. The van der Waals surface area contributed by atoms with Gasteiger partial charge in [-0.3, -0.25) is 4.79 Å². The summed E-state index contributed by atoms with van der Waals surface area (Å²) in [6.45, 7) is 3.64. The number of carboxylic acids is 1. The van der Waals surface area contributed by atoms with E-state index in [9.17, 15) is 9.59 Å². The molecule has 0 fully saturated rings. The Morgan fingerprint density at radius 2 is 2.19 bits per heavy atom. The van der Waals surface area contributed by atoms with Gasteiger partial charge in [0.05, 0.1) is 12.6 Å². The van der Waals surface area contributed by atoms with Crippen LogP contribution in [0.5, 0.6) is 0 Å². The summed E-state index contributed by atoms with van der Waals surface area (Å²) in [6.07, 6.45) is 1.55. The SMILES string of the molecule is COCC(C)n1cc(C(C)=O)cc1C(=O)O. The third-order valence-electron chi connectivity index (χ3n) is 2.36. The van der Waals surface area contributed by atoms with Crippen LogP contribution < -0.4 is 0 Å². The predicted molar refractivity (Wildman–Crippen MR) is 58.0 cm³/mol. The van der Waals surface area contributed by atoms with Crippen LogP contribution in [0, 0.1) is 0 Å². The summed E-state index contributed by atoms with van der Waals surface area (Å²) in [4.78, 5) is 22.2. The van der Waals surface area contributed by atoms with Gasteiger partial charge in [0.1, 0.15) is 5.69 Å². The van der Waals surface area contributed by atoms with E-state index in [2.05, 4.69) is 0 Å². The van der Waals surface area contributed by atoms with E-state index in [1.807, 2.05) is 6.92 Å². The van der Waals surface area contributed by atoms with Crippen molar-refractivity contribution in [1.82, 2.24) is 4.57 Å². The van der Waals surface area contributed by atoms with Crippen molar-refractivity contribution >= 4 is 11.8 Å². The van der Waals surface area contributed by atoms with Crippen LogP contribution in [0.1, 0.15) is 40.7 Å². The van der Waals surface area contributed by atoms with E-state index in [1.165, 1.54) is 13.0 Å². The number of hydrogen-bond donors (Lipinski definition) is 1. The Kier molecular flexibility index (Phi) is 3.84. The van der Waals surface area contributed by atoms with Crippen LogP contribution in [-0.2, 0) is 4.74 Å². The number of aromatic nitrogens is 1. The summed E-state index contributed by atoms with van der Waals surface area (Å²) in [6, 6.07) is 1.26. The Hall–Kier alpha value is -1.62. The fraction of sp³-hybridized carbons (Fsp3) is 0.455. The van der Waals surface area contributed by atoms with Crippen LogP contribution in [0.4, 0.5) is 0 Å². The summed E-state index contributed by atoms with van der Waals surface area (Å²) in [5, 5.41) is 9.00. The summed E-state index contributed by atoms with van der Waals surface area (Å²) in [5.41, 5.74) is 0.509. The second-order valence-electron chi connectivity index (χ2n) is 3.69. The van der Waals surface area contributed by atoms with Crippen LogP contribution in [0.3, 0.4) is 0 Å². The highest BCUT2D eigenvalue weighted by Crippen LogP contribution is 2.16. The number of hydrogen-bond acceptors (Lipinski definition) is 3. The zero-order valence-electron chi connectivity index (χ0n) is 9.56. The maximum atomic E-state index is 11.2. The van der Waals surface area contributed by atoms with Crippen molar-refractivity contribution in [3.63, 3.8) is 0 Å². The molecule has 0 aliphatic heterocycles. The largest absolute Gasteiger partial charge is 0.477 e. The minimum atomic E-state index is -1.05. The third kappa shape index (κ3) is 2.49. The van der Waals surface area contributed by atoms with Crippen LogP contribution in [0.25, 0.3) is 0 Å². The molecule has 1 aromatic rings. The second-order valence-corrected chi connectivity index (χ2v) is 3.69. The van der Waals surface area contributed by atoms with Gasteiger partial charge in [-0.25, -0.2) is 4.79 Å². The molecule has 0 amide bonds. The molecule has 1 aromatic heterocycles. The van der Waals surface area contributed by atoms with Crippen molar-refractivity contribution < 1.29 is 19.4 Å². The van der Waals surface area contributed by atoms with Gasteiger partial charge in [0.2, 0.25) is 0 Å². The van der Waals surface area contributed by atoms with Gasteiger partial charge >= 0.3 is 5.97 Å². The minimum Gasteiger partial charge on any atom is -0.477 e. The molecule has 0 radical (unpaired) electrons. The number of carbonyl (C=O) groups excluding carboxylic acids is 1. The lowest BCUT2D eigenvalue weighted by molar-refractivity contribution is 0.0678. The van der Waals surface area contributed by atoms with Gasteiger partial charge in [0.15, 0.2) is 5.78 Å². The van der Waals surface area contributed by atoms with E-state index < -0.39 is 5.97 Å². The number of methoxy groups -OCH3 is 1. The van der Waals surface area contributed by atoms with E-state index in [1.54, 1.807) is 17.9 Å². The molecule has 1 N–H and O–H groups in total. The Bertz CT molecular complexity index is 408. The average Bonchev–Trinajstić information content (AvgIpc) is 2.62. The lowest BCUT2D eigenvalue weighted by Crippen LogP contribution is -2.15. The van der Waals surface area contributed by atoms with Gasteiger partial charge in [-0.15, -0.1) is 0 Å². The van der Waals surface area contributed by atoms with E-state index in [4.69, 9.17) is 9.84 Å². The maximum absolute atomic E-state index is 11.2. The van der Waals surface area contributed by atoms with Crippen molar-refractivity contribution in [2.75, 3.05) is 13.7 Å². The smallest absolute Gasteiger partial charge is 0.352 e. The van der Waals surface area contributed by atoms with Crippen LogP contribution in [-0.4, -0.2) is 35.1 Å². The van der Waals surface area contributed by atoms with E-state index in [-0.39, 0.29) is 17.5 Å². The molecule has 5 heteroatoms. The van der Waals surface area contributed by atoms with E-state index in [0.717, 1.165) is 0 Å². The van der Waals surface area contributed by atoms with E-state index >= 15 is 0 Å². The van der Waals surface area contributed by atoms with Gasteiger partial charge < -0.3 is 14.4 Å². The van der Waals surface area contributed by atoms with Crippen molar-refractivity contribution in [1.29, 1.82) is 0 Å². The van der Waals surface area contributed by atoms with Gasteiger partial charge in [-0.05, 0) is 19.9 Å². The summed E-state index contributed by atoms with van der Waals surface area (Å²) in [7, 11) is 1.55. The summed E-state index contributed by atoms with van der Waals surface area (Å²) < 4.78 is 6.51. The lowest BCUT2D eigenvalue weighted by atomic mass is 10.2. The standard InChI is InChI=1S/C11H15NO4/c1-7(6-16-3)12-5-9(8(2)13)4-10(12)11(14)15/h4-5,7H,6H2,1-3H3,(H,14,15). The van der Waals surface area contributed by atoms with Gasteiger partial charge in [0.25, 0.3) is 0 Å². The van der Waals surface area contributed by atoms with Gasteiger partial charge in [0, 0.05) is 18.9 Å². The zero-order chi connectivity index (χ0) is 12.3. The molecule has 0 aliphatic carbocycles. The molecular weight excluding hydrogens is 210 g/mol. The summed E-state index contributed by atoms with van der Waals surface area (Å²) in [5.74, 6) is -1.19. The number of carbonyl (C=O) groups is 2. The molecule has 0 aromatic carbocycles. The molecule has 0 aliphatic rings. The molecule has 0 saturated carbocycles. The first-order chi connectivity index (χ1) is 7.47. The van der Waals surface area contributed by atoms with Crippen molar-refractivity contribution in [3.8, 4) is 0 Å². The fourth-order valence-corrected chi connectivity index (χ4v) is 1.53. The molecule has 88 valence electrons. The molecule has 1 heterocycles. The molecule has 16 heavy (non-hydrogen) atoms. The molecule has 0 saturated heterocycles. The highest BCUT2D eigenvalue weighted by molar-refractivity contribution is 5.97. The highest BCUT2D eigenvalue weighted by atomic mass is 16.5. The maximum Gasteiger partial charge on any atom is 0.352 e. The summed E-state index contributed by atoms with van der Waals surface area (Å²) >= 11 is 0. The number of aromatic carboxylic acids is 1. The topological polar surface area (TPSA) is 68.5 Å². The molecule has 1 rings (SSSR count). The Morgan fingerprint density at radius 1 is 1.56 bits per heavy atom. The normalized spacial score (nSPS) is 12.4. The number of ether oxygens (including phenoxy) is 1. The van der Waals surface area contributed by atoms with Gasteiger partial charge in [-0.1, -0.05) is 0 Å². The Morgan fingerprint density at radius 3 is 2.62 bits per heavy atom. The average molecular weight is 225 g/mol. The number of Topliss-reactive ketones (excluding diaryl/α,β-unsaturated/α-hetero) is 1. The first-order valence-corrected chi connectivity index (χ1v) is 4.92. The van der Waals surface area contributed by atoms with Crippen LogP contribution in [0.15, 0.2) is 12.3 Å². The number of ketones is 1. The van der Waals surface area contributed by atoms with Crippen LogP contribution >= 0.6 is 0 Å². The van der Waals surface area contributed by atoms with Gasteiger partial charge in [-0.2, -0.15) is 0 Å². The molecular formula is C11H15NO4. The van der Waals surface area contributed by atoms with Crippen molar-refractivity contribution in [2.45, 2.75) is 19.9 Å². The molecule has 0 spiro atoms. The number of carboxylic acid groups (broad SMARTS) is 1. The molecule has 5 nitrogen and oxygen atoms in total. The predicted octanol–water partition coefficient (Wildman–Crippen LogP) is 1.60. The lowest BCUT2D eigenvalue weighted by Gasteiger charge is -2.14. The van der Waals surface area contributed by atoms with Crippen molar-refractivity contribution in [2.24, 2.45) is 0 Å².